The number of para-hydroxylation sites is 1. The van der Waals surface area contributed by atoms with Gasteiger partial charge in [0.15, 0.2) is 4.80 Å². The van der Waals surface area contributed by atoms with Crippen LogP contribution in [0.1, 0.15) is 10.4 Å². The minimum Gasteiger partial charge on any atom is -0.495 e. The van der Waals surface area contributed by atoms with Gasteiger partial charge in [-0.15, -0.1) is 0 Å². The second kappa shape index (κ2) is 8.22. The highest BCUT2D eigenvalue weighted by Crippen LogP contribution is 2.27. The van der Waals surface area contributed by atoms with Gasteiger partial charge in [0.2, 0.25) is 0 Å². The van der Waals surface area contributed by atoms with Crippen LogP contribution in [0, 0.1) is 0 Å². The van der Waals surface area contributed by atoms with E-state index in [9.17, 15) is 4.79 Å². The molecule has 0 saturated carbocycles. The minimum atomic E-state index is -0.427. The Morgan fingerprint density at radius 2 is 2.04 bits per heavy atom. The van der Waals surface area contributed by atoms with Gasteiger partial charge in [0.1, 0.15) is 11.3 Å². The van der Waals surface area contributed by atoms with E-state index >= 15 is 0 Å². The number of fused-ring (bicyclic) bond motifs is 1. The van der Waals surface area contributed by atoms with Crippen LogP contribution < -0.4 is 9.54 Å². The highest BCUT2D eigenvalue weighted by molar-refractivity contribution is 7.16. The topological polar surface area (TPSA) is 52.8 Å². The standard InChI is InChI=1S/C18H16Cl2N2O3S/c1-24-9-8-22-16-14(25-2)4-3-5-15(16)26-18(22)21-17(23)12-7-6-11(19)10-13(12)20/h3-7,10H,8-9H2,1-2H3. The Labute approximate surface area is 164 Å². The normalized spacial score (nSPS) is 11.9. The van der Waals surface area contributed by atoms with Crippen molar-refractivity contribution in [2.75, 3.05) is 20.8 Å². The molecule has 1 amide bonds. The fourth-order valence-electron chi connectivity index (χ4n) is 2.55. The molecule has 2 aromatic carbocycles. The van der Waals surface area contributed by atoms with E-state index in [-0.39, 0.29) is 5.02 Å². The third-order valence-electron chi connectivity index (χ3n) is 3.76. The van der Waals surface area contributed by atoms with Crippen LogP contribution >= 0.6 is 34.5 Å². The van der Waals surface area contributed by atoms with Crippen molar-refractivity contribution in [2.24, 2.45) is 4.99 Å². The molecule has 0 N–H and O–H groups in total. The number of thiazole rings is 1. The molecule has 8 heteroatoms. The lowest BCUT2D eigenvalue weighted by Crippen LogP contribution is -2.19. The van der Waals surface area contributed by atoms with Crippen molar-refractivity contribution in [3.8, 4) is 5.75 Å². The molecule has 0 unspecified atom stereocenters. The largest absolute Gasteiger partial charge is 0.495 e. The van der Waals surface area contributed by atoms with E-state index in [0.29, 0.717) is 34.3 Å². The summed E-state index contributed by atoms with van der Waals surface area (Å²) in [5.41, 5.74) is 1.18. The molecule has 0 aliphatic rings. The van der Waals surface area contributed by atoms with E-state index in [2.05, 4.69) is 4.99 Å². The van der Waals surface area contributed by atoms with E-state index in [1.165, 1.54) is 17.4 Å². The number of nitrogens with zero attached hydrogens (tertiary/aromatic N) is 2. The number of hydrogen-bond acceptors (Lipinski definition) is 4. The molecule has 1 heterocycles. The minimum absolute atomic E-state index is 0.272. The Bertz CT molecular complexity index is 1030. The number of hydrogen-bond donors (Lipinski definition) is 0. The number of rotatable bonds is 5. The van der Waals surface area contributed by atoms with Crippen LogP contribution in [0.25, 0.3) is 10.2 Å². The molecule has 26 heavy (non-hydrogen) atoms. The van der Waals surface area contributed by atoms with Crippen LogP contribution in [-0.2, 0) is 11.3 Å². The lowest BCUT2D eigenvalue weighted by Gasteiger charge is -2.08. The highest BCUT2D eigenvalue weighted by Gasteiger charge is 2.14. The third kappa shape index (κ3) is 3.78. The first-order valence-corrected chi connectivity index (χ1v) is 9.31. The van der Waals surface area contributed by atoms with Crippen LogP contribution in [0.15, 0.2) is 41.4 Å². The zero-order chi connectivity index (χ0) is 18.7. The van der Waals surface area contributed by atoms with Crippen LogP contribution in [0.3, 0.4) is 0 Å². The maximum Gasteiger partial charge on any atom is 0.281 e. The molecule has 0 radical (unpaired) electrons. The molecule has 1 aromatic heterocycles. The molecule has 0 bridgehead atoms. The van der Waals surface area contributed by atoms with Gasteiger partial charge < -0.3 is 14.0 Å². The maximum atomic E-state index is 12.6. The summed E-state index contributed by atoms with van der Waals surface area (Å²) in [5, 5.41) is 0.738. The Morgan fingerprint density at radius 3 is 2.73 bits per heavy atom. The molecule has 0 spiro atoms. The maximum absolute atomic E-state index is 12.6. The van der Waals surface area contributed by atoms with Gasteiger partial charge >= 0.3 is 0 Å². The smallest absolute Gasteiger partial charge is 0.281 e. The predicted molar refractivity (Wildman–Crippen MR) is 105 cm³/mol. The second-order valence-electron chi connectivity index (χ2n) is 5.38. The number of aromatic nitrogens is 1. The molecule has 0 atom stereocenters. The van der Waals surface area contributed by atoms with E-state index in [1.807, 2.05) is 22.8 Å². The molecule has 136 valence electrons. The Kier molecular flexibility index (Phi) is 5.98. The number of carbonyl (C=O) groups is 1. The van der Waals surface area contributed by atoms with Crippen LogP contribution in [0.2, 0.25) is 10.0 Å². The summed E-state index contributed by atoms with van der Waals surface area (Å²) >= 11 is 13.4. The van der Waals surface area contributed by atoms with Crippen molar-refractivity contribution in [1.29, 1.82) is 0 Å². The molecular weight excluding hydrogens is 395 g/mol. The van der Waals surface area contributed by atoms with Gasteiger partial charge in [-0.1, -0.05) is 40.6 Å². The van der Waals surface area contributed by atoms with Crippen LogP contribution in [0.5, 0.6) is 5.75 Å². The predicted octanol–water partition coefficient (Wildman–Crippen LogP) is 4.41. The summed E-state index contributed by atoms with van der Waals surface area (Å²) in [6.45, 7) is 1.02. The number of methoxy groups -OCH3 is 2. The summed E-state index contributed by atoms with van der Waals surface area (Å²) in [6.07, 6.45) is 0. The molecule has 3 aromatic rings. The number of carbonyl (C=O) groups excluding carboxylic acids is 1. The SMILES string of the molecule is COCCn1c(=NC(=O)c2ccc(Cl)cc2Cl)sc2cccc(OC)c21. The number of benzene rings is 2. The van der Waals surface area contributed by atoms with Gasteiger partial charge in [-0.3, -0.25) is 4.79 Å². The van der Waals surface area contributed by atoms with E-state index in [0.717, 1.165) is 10.2 Å². The van der Waals surface area contributed by atoms with Gasteiger partial charge in [0.25, 0.3) is 5.91 Å². The van der Waals surface area contributed by atoms with E-state index < -0.39 is 5.91 Å². The zero-order valence-electron chi connectivity index (χ0n) is 14.2. The average molecular weight is 411 g/mol. The summed E-state index contributed by atoms with van der Waals surface area (Å²) in [4.78, 5) is 17.5. The third-order valence-corrected chi connectivity index (χ3v) is 5.35. The molecule has 0 aliphatic carbocycles. The first kappa shape index (κ1) is 18.9. The second-order valence-corrected chi connectivity index (χ2v) is 7.23. The van der Waals surface area contributed by atoms with Crippen molar-refractivity contribution < 1.29 is 14.3 Å². The molecule has 3 rings (SSSR count). The Hall–Kier alpha value is -1.86. The summed E-state index contributed by atoms with van der Waals surface area (Å²) in [5.74, 6) is 0.289. The quantitative estimate of drug-likeness (QED) is 0.625. The fraction of sp³-hybridized carbons (Fsp3) is 0.222. The number of ether oxygens (including phenoxy) is 2. The van der Waals surface area contributed by atoms with Crippen molar-refractivity contribution in [3.63, 3.8) is 0 Å². The van der Waals surface area contributed by atoms with Crippen molar-refractivity contribution in [1.82, 2.24) is 4.57 Å². The first-order valence-electron chi connectivity index (χ1n) is 7.74. The number of halogens is 2. The van der Waals surface area contributed by atoms with E-state index in [4.69, 9.17) is 32.7 Å². The summed E-state index contributed by atoms with van der Waals surface area (Å²) in [7, 11) is 3.24. The van der Waals surface area contributed by atoms with Crippen LogP contribution in [0.4, 0.5) is 0 Å². The fourth-order valence-corrected chi connectivity index (χ4v) is 4.11. The first-order chi connectivity index (χ1) is 12.5. The Balaban J connectivity index is 2.16. The van der Waals surface area contributed by atoms with Crippen molar-refractivity contribution in [2.45, 2.75) is 6.54 Å². The molecule has 0 saturated heterocycles. The van der Waals surface area contributed by atoms with Gasteiger partial charge in [-0.05, 0) is 30.3 Å². The molecule has 0 fully saturated rings. The lowest BCUT2D eigenvalue weighted by molar-refractivity contribution is 0.0997. The van der Waals surface area contributed by atoms with Crippen LogP contribution in [-0.4, -0.2) is 31.3 Å². The van der Waals surface area contributed by atoms with Gasteiger partial charge in [-0.2, -0.15) is 4.99 Å². The summed E-state index contributed by atoms with van der Waals surface area (Å²) < 4.78 is 13.5. The van der Waals surface area contributed by atoms with E-state index in [1.54, 1.807) is 26.4 Å². The summed E-state index contributed by atoms with van der Waals surface area (Å²) in [6, 6.07) is 10.5. The molecule has 0 aliphatic heterocycles. The van der Waals surface area contributed by atoms with Gasteiger partial charge in [0.05, 0.1) is 29.0 Å². The van der Waals surface area contributed by atoms with Gasteiger partial charge in [0, 0.05) is 18.7 Å². The molecular formula is C18H16Cl2N2O3S. The van der Waals surface area contributed by atoms with Gasteiger partial charge in [-0.25, -0.2) is 0 Å². The average Bonchev–Trinajstić information content (AvgIpc) is 2.96. The Morgan fingerprint density at radius 1 is 1.23 bits per heavy atom. The monoisotopic (exact) mass is 410 g/mol. The lowest BCUT2D eigenvalue weighted by atomic mass is 10.2. The highest BCUT2D eigenvalue weighted by atomic mass is 35.5. The number of amides is 1. The van der Waals surface area contributed by atoms with Crippen molar-refractivity contribution in [3.05, 3.63) is 56.8 Å². The molecule has 5 nitrogen and oxygen atoms in total. The zero-order valence-corrected chi connectivity index (χ0v) is 16.5. The van der Waals surface area contributed by atoms with Crippen molar-refractivity contribution >= 4 is 50.7 Å².